The number of hydrogen-bond donors (Lipinski definition) is 2. The van der Waals surface area contributed by atoms with Crippen molar-refractivity contribution in [1.82, 2.24) is 10.2 Å². The number of alkyl carbamates (subject to hydrolysis) is 1. The molecule has 2 aromatic rings. The van der Waals surface area contributed by atoms with Crippen LogP contribution in [0.4, 0.5) is 16.2 Å². The van der Waals surface area contributed by atoms with E-state index < -0.39 is 27.8 Å². The SMILES string of the molecule is CC(C)(C)OC(=O)N[C@@H](Cc1ccc(Cl)cc1)C(=O)N1CCN(c2ccccc2NS(C)(=O)=O)CC1. The predicted molar refractivity (Wildman–Crippen MR) is 142 cm³/mol. The lowest BCUT2D eigenvalue weighted by molar-refractivity contribution is -0.133. The highest BCUT2D eigenvalue weighted by atomic mass is 35.5. The smallest absolute Gasteiger partial charge is 0.408 e. The predicted octanol–water partition coefficient (Wildman–Crippen LogP) is 3.50. The molecule has 0 radical (unpaired) electrons. The van der Waals surface area contributed by atoms with Gasteiger partial charge in [0.25, 0.3) is 0 Å². The summed E-state index contributed by atoms with van der Waals surface area (Å²) in [6, 6.07) is 13.5. The van der Waals surface area contributed by atoms with Gasteiger partial charge in [0.1, 0.15) is 11.6 Å². The molecule has 1 heterocycles. The van der Waals surface area contributed by atoms with Crippen LogP contribution in [0.2, 0.25) is 5.02 Å². The Bertz CT molecular complexity index is 1170. The summed E-state index contributed by atoms with van der Waals surface area (Å²) in [5.41, 5.74) is 1.40. The number of ether oxygens (including phenoxy) is 1. The van der Waals surface area contributed by atoms with Gasteiger partial charge >= 0.3 is 6.09 Å². The van der Waals surface area contributed by atoms with Gasteiger partial charge in [-0.3, -0.25) is 9.52 Å². The number of hydrogen-bond acceptors (Lipinski definition) is 6. The molecule has 196 valence electrons. The number of rotatable bonds is 7. The van der Waals surface area contributed by atoms with Gasteiger partial charge in [0.15, 0.2) is 0 Å². The number of piperazine rings is 1. The number of nitrogens with one attached hydrogen (secondary N) is 2. The van der Waals surface area contributed by atoms with Crippen LogP contribution in [-0.2, 0) is 26.0 Å². The Balaban J connectivity index is 1.71. The van der Waals surface area contributed by atoms with Crippen LogP contribution in [0.1, 0.15) is 26.3 Å². The summed E-state index contributed by atoms with van der Waals surface area (Å²) >= 11 is 5.99. The molecule has 0 aromatic heterocycles. The molecule has 2 aromatic carbocycles. The first-order chi connectivity index (χ1) is 16.8. The largest absolute Gasteiger partial charge is 0.444 e. The number of carbonyl (C=O) groups excluding carboxylic acids is 2. The van der Waals surface area contributed by atoms with E-state index in [1.807, 2.05) is 29.2 Å². The van der Waals surface area contributed by atoms with Crippen molar-refractivity contribution in [3.8, 4) is 0 Å². The molecule has 0 aliphatic carbocycles. The zero-order chi connectivity index (χ0) is 26.5. The van der Waals surface area contributed by atoms with Crippen LogP contribution in [-0.4, -0.2) is 69.4 Å². The third-order valence-corrected chi connectivity index (χ3v) is 6.32. The average molecular weight is 537 g/mol. The molecule has 0 spiro atoms. The van der Waals surface area contributed by atoms with E-state index in [4.69, 9.17) is 16.3 Å². The van der Waals surface area contributed by atoms with Crippen molar-refractivity contribution in [2.75, 3.05) is 42.1 Å². The van der Waals surface area contributed by atoms with Crippen LogP contribution in [0.15, 0.2) is 48.5 Å². The number of sulfonamides is 1. The van der Waals surface area contributed by atoms with Crippen molar-refractivity contribution in [3.05, 3.63) is 59.1 Å². The topological polar surface area (TPSA) is 108 Å². The highest BCUT2D eigenvalue weighted by molar-refractivity contribution is 7.92. The fourth-order valence-corrected chi connectivity index (χ4v) is 4.63. The fourth-order valence-electron chi connectivity index (χ4n) is 3.93. The standard InChI is InChI=1S/C25H33ClN4O5S/c1-25(2,3)35-24(32)27-21(17-18-9-11-19(26)12-10-18)23(31)30-15-13-29(14-16-30)22-8-6-5-7-20(22)28-36(4,33)34/h5-12,21,28H,13-17H2,1-4H3,(H,27,32)/t21-/m0/s1. The van der Waals surface area contributed by atoms with E-state index in [0.717, 1.165) is 17.5 Å². The molecule has 0 unspecified atom stereocenters. The third-order valence-electron chi connectivity index (χ3n) is 5.47. The van der Waals surface area contributed by atoms with Crippen molar-refractivity contribution in [2.24, 2.45) is 0 Å². The molecule has 36 heavy (non-hydrogen) atoms. The number of carbonyl (C=O) groups is 2. The molecule has 11 heteroatoms. The second kappa shape index (κ2) is 11.4. The van der Waals surface area contributed by atoms with Crippen molar-refractivity contribution < 1.29 is 22.7 Å². The van der Waals surface area contributed by atoms with Gasteiger partial charge in [-0.1, -0.05) is 35.9 Å². The Morgan fingerprint density at radius 1 is 1.03 bits per heavy atom. The number of amides is 2. The summed E-state index contributed by atoms with van der Waals surface area (Å²) in [6.45, 7) is 7.13. The molecule has 0 saturated carbocycles. The zero-order valence-corrected chi connectivity index (χ0v) is 22.5. The highest BCUT2D eigenvalue weighted by Crippen LogP contribution is 2.27. The lowest BCUT2D eigenvalue weighted by Crippen LogP contribution is -2.56. The van der Waals surface area contributed by atoms with Crippen LogP contribution >= 0.6 is 11.6 Å². The van der Waals surface area contributed by atoms with Gasteiger partial charge in [-0.2, -0.15) is 0 Å². The van der Waals surface area contributed by atoms with Crippen LogP contribution in [0.5, 0.6) is 0 Å². The van der Waals surface area contributed by atoms with Crippen molar-refractivity contribution in [1.29, 1.82) is 0 Å². The maximum Gasteiger partial charge on any atom is 0.408 e. The molecular weight excluding hydrogens is 504 g/mol. The first-order valence-electron chi connectivity index (χ1n) is 11.7. The van der Waals surface area contributed by atoms with Gasteiger partial charge < -0.3 is 19.9 Å². The van der Waals surface area contributed by atoms with Gasteiger partial charge in [0, 0.05) is 37.6 Å². The van der Waals surface area contributed by atoms with E-state index in [1.54, 1.807) is 49.9 Å². The normalized spacial score (nSPS) is 15.2. The number of benzene rings is 2. The average Bonchev–Trinajstić information content (AvgIpc) is 2.78. The minimum atomic E-state index is -3.43. The number of nitrogens with zero attached hydrogens (tertiary/aromatic N) is 2. The minimum absolute atomic E-state index is 0.210. The summed E-state index contributed by atoms with van der Waals surface area (Å²) < 4.78 is 31.5. The molecular formula is C25H33ClN4O5S. The lowest BCUT2D eigenvalue weighted by Gasteiger charge is -2.38. The van der Waals surface area contributed by atoms with Crippen molar-refractivity contribution >= 4 is 45.0 Å². The molecule has 1 atom stereocenters. The first-order valence-corrected chi connectivity index (χ1v) is 13.9. The van der Waals surface area contributed by atoms with E-state index in [9.17, 15) is 18.0 Å². The summed E-state index contributed by atoms with van der Waals surface area (Å²) in [4.78, 5) is 29.7. The molecule has 2 N–H and O–H groups in total. The van der Waals surface area contributed by atoms with Crippen LogP contribution < -0.4 is 14.9 Å². The summed E-state index contributed by atoms with van der Waals surface area (Å²) in [7, 11) is -3.43. The van der Waals surface area contributed by atoms with Crippen molar-refractivity contribution in [3.63, 3.8) is 0 Å². The molecule has 1 saturated heterocycles. The van der Waals surface area contributed by atoms with Gasteiger partial charge in [0.2, 0.25) is 15.9 Å². The Kier molecular flexibility index (Phi) is 8.73. The number of para-hydroxylation sites is 2. The van der Waals surface area contributed by atoms with E-state index in [1.165, 1.54) is 0 Å². The van der Waals surface area contributed by atoms with E-state index in [2.05, 4.69) is 10.0 Å². The molecule has 0 bridgehead atoms. The molecule has 2 amide bonds. The van der Waals surface area contributed by atoms with Gasteiger partial charge in [-0.25, -0.2) is 13.2 Å². The number of halogens is 1. The third kappa shape index (κ3) is 8.30. The monoisotopic (exact) mass is 536 g/mol. The second-order valence-electron chi connectivity index (χ2n) is 9.73. The molecule has 1 fully saturated rings. The first kappa shape index (κ1) is 27.6. The van der Waals surface area contributed by atoms with Gasteiger partial charge in [-0.05, 0) is 50.6 Å². The molecule has 3 rings (SSSR count). The Morgan fingerprint density at radius 3 is 2.22 bits per heavy atom. The fraction of sp³-hybridized carbons (Fsp3) is 0.440. The van der Waals surface area contributed by atoms with E-state index in [-0.39, 0.29) is 12.3 Å². The summed E-state index contributed by atoms with van der Waals surface area (Å²) in [5.74, 6) is -0.210. The van der Waals surface area contributed by atoms with E-state index >= 15 is 0 Å². The summed E-state index contributed by atoms with van der Waals surface area (Å²) in [6.07, 6.45) is 0.740. The van der Waals surface area contributed by atoms with Gasteiger partial charge in [-0.15, -0.1) is 0 Å². The van der Waals surface area contributed by atoms with Crippen LogP contribution in [0.25, 0.3) is 0 Å². The number of anilines is 2. The molecule has 9 nitrogen and oxygen atoms in total. The second-order valence-corrected chi connectivity index (χ2v) is 11.9. The Labute approximate surface area is 217 Å². The maximum atomic E-state index is 13.5. The van der Waals surface area contributed by atoms with E-state index in [0.29, 0.717) is 36.9 Å². The maximum absolute atomic E-state index is 13.5. The summed E-state index contributed by atoms with van der Waals surface area (Å²) in [5, 5.41) is 3.32. The van der Waals surface area contributed by atoms with Crippen LogP contribution in [0.3, 0.4) is 0 Å². The Hall–Kier alpha value is -2.98. The molecule has 1 aliphatic heterocycles. The highest BCUT2D eigenvalue weighted by Gasteiger charge is 2.31. The van der Waals surface area contributed by atoms with Crippen molar-refractivity contribution in [2.45, 2.75) is 38.8 Å². The Morgan fingerprint density at radius 2 is 1.64 bits per heavy atom. The quantitative estimate of drug-likeness (QED) is 0.561. The molecule has 1 aliphatic rings. The minimum Gasteiger partial charge on any atom is -0.444 e. The van der Waals surface area contributed by atoms with Crippen LogP contribution in [0, 0.1) is 0 Å². The zero-order valence-electron chi connectivity index (χ0n) is 21.0. The lowest BCUT2D eigenvalue weighted by atomic mass is 10.0. The van der Waals surface area contributed by atoms with Gasteiger partial charge in [0.05, 0.1) is 17.6 Å².